The van der Waals surface area contributed by atoms with Crippen molar-refractivity contribution in [1.82, 2.24) is 9.97 Å². The minimum atomic E-state index is -1.37. The summed E-state index contributed by atoms with van der Waals surface area (Å²) in [7, 11) is 0. The molecule has 13 heavy (non-hydrogen) atoms. The summed E-state index contributed by atoms with van der Waals surface area (Å²) in [5.41, 5.74) is -0.926. The molecular formula is C7H2N4O2. The maximum Gasteiger partial charge on any atom is 0.357 e. The smallest absolute Gasteiger partial charge is 0.357 e. The Morgan fingerprint density at radius 2 is 2.15 bits per heavy atom. The Kier molecular flexibility index (Phi) is 2.18. The Morgan fingerprint density at radius 3 is 2.62 bits per heavy atom. The summed E-state index contributed by atoms with van der Waals surface area (Å²) in [5.74, 6) is -1.37. The van der Waals surface area contributed by atoms with Crippen molar-refractivity contribution in [1.29, 1.82) is 10.5 Å². The van der Waals surface area contributed by atoms with E-state index in [1.165, 1.54) is 0 Å². The predicted octanol–water partition coefficient (Wildman–Crippen LogP) is -0.0818. The zero-order chi connectivity index (χ0) is 9.84. The molecule has 0 bridgehead atoms. The Bertz CT molecular complexity index is 441. The standard InChI is InChI=1S/C7H2N4O2/c8-1-4-3-10-5(2-9)6(11-4)7(12)13/h3H,(H,12,13). The molecule has 0 aliphatic rings. The number of nitrogens with zero attached hydrogens (tertiary/aromatic N) is 4. The summed E-state index contributed by atoms with van der Waals surface area (Å²) in [4.78, 5) is 17.4. The van der Waals surface area contributed by atoms with E-state index in [4.69, 9.17) is 15.6 Å². The predicted molar refractivity (Wildman–Crippen MR) is 38.4 cm³/mol. The maximum absolute atomic E-state index is 10.5. The van der Waals surface area contributed by atoms with Crippen LogP contribution in [0.5, 0.6) is 0 Å². The van der Waals surface area contributed by atoms with E-state index >= 15 is 0 Å². The van der Waals surface area contributed by atoms with Gasteiger partial charge in [-0.05, 0) is 0 Å². The van der Waals surface area contributed by atoms with Gasteiger partial charge in [0.1, 0.15) is 12.1 Å². The summed E-state index contributed by atoms with van der Waals surface area (Å²) < 4.78 is 0. The van der Waals surface area contributed by atoms with E-state index in [9.17, 15) is 4.79 Å². The van der Waals surface area contributed by atoms with E-state index in [1.54, 1.807) is 12.1 Å². The van der Waals surface area contributed by atoms with Crippen LogP contribution in [0.15, 0.2) is 6.20 Å². The van der Waals surface area contributed by atoms with E-state index in [0.29, 0.717) is 0 Å². The Hall–Kier alpha value is -2.47. The molecule has 0 saturated carbocycles. The third-order valence-corrected chi connectivity index (χ3v) is 1.20. The average molecular weight is 174 g/mol. The quantitative estimate of drug-likeness (QED) is 0.637. The summed E-state index contributed by atoms with van der Waals surface area (Å²) in [6.07, 6.45) is 1.05. The lowest BCUT2D eigenvalue weighted by molar-refractivity contribution is 0.0689. The molecule has 6 nitrogen and oxygen atoms in total. The van der Waals surface area contributed by atoms with Crippen molar-refractivity contribution in [3.05, 3.63) is 23.3 Å². The minimum absolute atomic E-state index is 0.128. The highest BCUT2D eigenvalue weighted by Crippen LogP contribution is 2.01. The molecular weight excluding hydrogens is 172 g/mol. The van der Waals surface area contributed by atoms with Crippen LogP contribution in [0.4, 0.5) is 0 Å². The molecule has 1 aromatic heterocycles. The maximum atomic E-state index is 10.5. The first-order chi connectivity index (χ1) is 6.19. The molecule has 0 atom stereocenters. The van der Waals surface area contributed by atoms with Crippen molar-refractivity contribution >= 4 is 5.97 Å². The number of rotatable bonds is 1. The number of hydrogen-bond donors (Lipinski definition) is 1. The normalized spacial score (nSPS) is 8.46. The van der Waals surface area contributed by atoms with Gasteiger partial charge in [-0.25, -0.2) is 14.8 Å². The number of carbonyl (C=O) groups is 1. The van der Waals surface area contributed by atoms with E-state index in [0.717, 1.165) is 6.20 Å². The minimum Gasteiger partial charge on any atom is -0.476 e. The van der Waals surface area contributed by atoms with Crippen LogP contribution >= 0.6 is 0 Å². The first kappa shape index (κ1) is 8.62. The number of hydrogen-bond acceptors (Lipinski definition) is 5. The van der Waals surface area contributed by atoms with Crippen molar-refractivity contribution in [2.24, 2.45) is 0 Å². The topological polar surface area (TPSA) is 111 Å². The number of carboxylic acids is 1. The molecule has 0 aromatic carbocycles. The van der Waals surface area contributed by atoms with E-state index in [1.807, 2.05) is 0 Å². The first-order valence-corrected chi connectivity index (χ1v) is 3.09. The molecule has 0 amide bonds. The van der Waals surface area contributed by atoms with E-state index < -0.39 is 11.7 Å². The van der Waals surface area contributed by atoms with Gasteiger partial charge >= 0.3 is 5.97 Å². The van der Waals surface area contributed by atoms with Crippen LogP contribution in [0.2, 0.25) is 0 Å². The van der Waals surface area contributed by atoms with Gasteiger partial charge < -0.3 is 5.11 Å². The summed E-state index contributed by atoms with van der Waals surface area (Å²) in [6.45, 7) is 0. The van der Waals surface area contributed by atoms with E-state index in [2.05, 4.69) is 9.97 Å². The number of aromatic carboxylic acids is 1. The molecule has 1 aromatic rings. The molecule has 0 unspecified atom stereocenters. The third kappa shape index (κ3) is 1.57. The number of aromatic nitrogens is 2. The number of carboxylic acid groups (broad SMARTS) is 1. The highest BCUT2D eigenvalue weighted by atomic mass is 16.4. The summed E-state index contributed by atoms with van der Waals surface area (Å²) in [5, 5.41) is 25.4. The molecule has 0 radical (unpaired) electrons. The molecule has 6 heteroatoms. The molecule has 0 fully saturated rings. The van der Waals surface area contributed by atoms with Crippen LogP contribution in [0.3, 0.4) is 0 Å². The fraction of sp³-hybridized carbons (Fsp3) is 0. The third-order valence-electron chi connectivity index (χ3n) is 1.20. The molecule has 0 spiro atoms. The monoisotopic (exact) mass is 174 g/mol. The molecule has 0 aliphatic heterocycles. The van der Waals surface area contributed by atoms with Gasteiger partial charge in [-0.15, -0.1) is 0 Å². The SMILES string of the molecule is N#Cc1cnc(C#N)c(C(=O)O)n1. The van der Waals surface area contributed by atoms with Crippen LogP contribution in [-0.4, -0.2) is 21.0 Å². The Morgan fingerprint density at radius 1 is 1.46 bits per heavy atom. The largest absolute Gasteiger partial charge is 0.476 e. The van der Waals surface area contributed by atoms with Gasteiger partial charge in [0.05, 0.1) is 6.20 Å². The van der Waals surface area contributed by atoms with Gasteiger partial charge in [-0.3, -0.25) is 0 Å². The van der Waals surface area contributed by atoms with Crippen molar-refractivity contribution in [3.8, 4) is 12.1 Å². The highest BCUT2D eigenvalue weighted by molar-refractivity contribution is 5.87. The fourth-order valence-corrected chi connectivity index (χ4v) is 0.674. The first-order valence-electron chi connectivity index (χ1n) is 3.09. The lowest BCUT2D eigenvalue weighted by Gasteiger charge is -1.94. The molecule has 0 saturated heterocycles. The van der Waals surface area contributed by atoms with E-state index in [-0.39, 0.29) is 11.4 Å². The Balaban J connectivity index is 3.39. The van der Waals surface area contributed by atoms with Gasteiger partial charge in [0.2, 0.25) is 0 Å². The lowest BCUT2D eigenvalue weighted by Crippen LogP contribution is -2.07. The van der Waals surface area contributed by atoms with Gasteiger partial charge in [-0.2, -0.15) is 10.5 Å². The molecule has 62 valence electrons. The second-order valence-electron chi connectivity index (χ2n) is 1.98. The zero-order valence-corrected chi connectivity index (χ0v) is 6.22. The van der Waals surface area contributed by atoms with Crippen molar-refractivity contribution in [3.63, 3.8) is 0 Å². The zero-order valence-electron chi connectivity index (χ0n) is 6.22. The number of nitriles is 2. The van der Waals surface area contributed by atoms with Gasteiger partial charge in [0.15, 0.2) is 17.1 Å². The van der Waals surface area contributed by atoms with Gasteiger partial charge in [0.25, 0.3) is 0 Å². The summed E-state index contributed by atoms with van der Waals surface area (Å²) >= 11 is 0. The van der Waals surface area contributed by atoms with Crippen molar-refractivity contribution < 1.29 is 9.90 Å². The van der Waals surface area contributed by atoms with Crippen molar-refractivity contribution in [2.45, 2.75) is 0 Å². The molecule has 1 heterocycles. The fourth-order valence-electron chi connectivity index (χ4n) is 0.674. The average Bonchev–Trinajstić information content (AvgIpc) is 2.16. The molecule has 1 rings (SSSR count). The van der Waals surface area contributed by atoms with Crippen LogP contribution in [0.1, 0.15) is 21.9 Å². The van der Waals surface area contributed by atoms with Gasteiger partial charge in [-0.1, -0.05) is 0 Å². The Labute approximate surface area is 72.7 Å². The van der Waals surface area contributed by atoms with Crippen LogP contribution in [-0.2, 0) is 0 Å². The lowest BCUT2D eigenvalue weighted by atomic mass is 10.3. The second kappa shape index (κ2) is 3.28. The second-order valence-corrected chi connectivity index (χ2v) is 1.98. The van der Waals surface area contributed by atoms with Crippen LogP contribution in [0, 0.1) is 22.7 Å². The van der Waals surface area contributed by atoms with Crippen molar-refractivity contribution in [2.75, 3.05) is 0 Å². The molecule has 0 aliphatic carbocycles. The highest BCUT2D eigenvalue weighted by Gasteiger charge is 2.13. The van der Waals surface area contributed by atoms with Gasteiger partial charge in [0, 0.05) is 0 Å². The van der Waals surface area contributed by atoms with Crippen LogP contribution < -0.4 is 0 Å². The molecule has 1 N–H and O–H groups in total. The van der Waals surface area contributed by atoms with Crippen LogP contribution in [0.25, 0.3) is 0 Å². The summed E-state index contributed by atoms with van der Waals surface area (Å²) in [6, 6.07) is 3.19.